The van der Waals surface area contributed by atoms with Gasteiger partial charge in [-0.2, -0.15) is 0 Å². The lowest BCUT2D eigenvalue weighted by molar-refractivity contribution is -0.133. The zero-order valence-corrected chi connectivity index (χ0v) is 18.1. The highest BCUT2D eigenvalue weighted by Gasteiger charge is 2.47. The number of carbonyl (C=O) groups excluding carboxylic acids is 2. The molecule has 2 amide bonds. The summed E-state index contributed by atoms with van der Waals surface area (Å²) in [6.45, 7) is 2.15. The van der Waals surface area contributed by atoms with Crippen molar-refractivity contribution in [2.45, 2.75) is 44.6 Å². The molecule has 164 valence electrons. The van der Waals surface area contributed by atoms with Gasteiger partial charge in [-0.3, -0.25) is 9.59 Å². The minimum absolute atomic E-state index is 0.00376. The molecule has 2 aromatic rings. The molecular formula is C26H32N2O3. The van der Waals surface area contributed by atoms with Crippen LogP contribution in [0.25, 0.3) is 0 Å². The maximum absolute atomic E-state index is 13.0. The molecule has 5 heteroatoms. The second kappa shape index (κ2) is 9.65. The van der Waals surface area contributed by atoms with Crippen LogP contribution in [0.5, 0.6) is 0 Å². The summed E-state index contributed by atoms with van der Waals surface area (Å²) in [5, 5.41) is 9.92. The predicted molar refractivity (Wildman–Crippen MR) is 121 cm³/mol. The Morgan fingerprint density at radius 2 is 1.61 bits per heavy atom. The van der Waals surface area contributed by atoms with Crippen LogP contribution < -0.4 is 0 Å². The summed E-state index contributed by atoms with van der Waals surface area (Å²) in [6.07, 6.45) is 4.99. The Kier molecular flexibility index (Phi) is 6.71. The van der Waals surface area contributed by atoms with Crippen molar-refractivity contribution in [1.82, 2.24) is 9.80 Å². The molecule has 0 aromatic heterocycles. The van der Waals surface area contributed by atoms with Crippen molar-refractivity contribution in [3.8, 4) is 0 Å². The van der Waals surface area contributed by atoms with Crippen molar-refractivity contribution in [3.63, 3.8) is 0 Å². The summed E-state index contributed by atoms with van der Waals surface area (Å²) >= 11 is 0. The van der Waals surface area contributed by atoms with Crippen molar-refractivity contribution in [2.24, 2.45) is 5.41 Å². The lowest BCUT2D eigenvalue weighted by Gasteiger charge is -2.39. The van der Waals surface area contributed by atoms with Gasteiger partial charge < -0.3 is 14.9 Å². The third-order valence-electron chi connectivity index (χ3n) is 6.98. The van der Waals surface area contributed by atoms with E-state index in [1.165, 1.54) is 5.56 Å². The van der Waals surface area contributed by atoms with Crippen LogP contribution in [-0.2, 0) is 11.2 Å². The molecule has 0 radical (unpaired) electrons. The second-order valence-corrected chi connectivity index (χ2v) is 9.06. The van der Waals surface area contributed by atoms with E-state index in [0.717, 1.165) is 45.2 Å². The predicted octanol–water partition coefficient (Wildman–Crippen LogP) is 3.53. The number of nitrogens with zero attached hydrogens (tertiary/aromatic N) is 2. The maximum Gasteiger partial charge on any atom is 0.254 e. The summed E-state index contributed by atoms with van der Waals surface area (Å²) in [6, 6.07) is 19.5. The van der Waals surface area contributed by atoms with Crippen LogP contribution in [0.4, 0.5) is 0 Å². The molecule has 0 aliphatic carbocycles. The molecule has 31 heavy (non-hydrogen) atoms. The van der Waals surface area contributed by atoms with Gasteiger partial charge in [0.1, 0.15) is 0 Å². The highest BCUT2D eigenvalue weighted by molar-refractivity contribution is 5.94. The zero-order valence-electron chi connectivity index (χ0n) is 18.1. The molecule has 1 atom stereocenters. The quantitative estimate of drug-likeness (QED) is 0.778. The number of rotatable bonds is 6. The topological polar surface area (TPSA) is 60.9 Å². The molecule has 0 bridgehead atoms. The number of likely N-dealkylation sites (tertiary alicyclic amines) is 2. The minimum atomic E-state index is -0.138. The molecule has 4 rings (SSSR count). The van der Waals surface area contributed by atoms with Crippen LogP contribution in [-0.4, -0.2) is 59.0 Å². The molecule has 2 fully saturated rings. The van der Waals surface area contributed by atoms with E-state index in [4.69, 9.17) is 0 Å². The van der Waals surface area contributed by atoms with Gasteiger partial charge in [-0.1, -0.05) is 48.5 Å². The Morgan fingerprint density at radius 3 is 2.26 bits per heavy atom. The van der Waals surface area contributed by atoms with Crippen LogP contribution in [0.1, 0.15) is 48.0 Å². The van der Waals surface area contributed by atoms with Crippen molar-refractivity contribution >= 4 is 11.8 Å². The molecule has 2 aromatic carbocycles. The van der Waals surface area contributed by atoms with Crippen LogP contribution in [0, 0.1) is 5.41 Å². The van der Waals surface area contributed by atoms with E-state index >= 15 is 0 Å². The smallest absolute Gasteiger partial charge is 0.254 e. The van der Waals surface area contributed by atoms with Gasteiger partial charge in [0, 0.05) is 31.6 Å². The first-order valence-corrected chi connectivity index (χ1v) is 11.4. The Hall–Kier alpha value is -2.66. The highest BCUT2D eigenvalue weighted by atomic mass is 16.3. The highest BCUT2D eigenvalue weighted by Crippen LogP contribution is 2.43. The van der Waals surface area contributed by atoms with E-state index in [-0.39, 0.29) is 29.9 Å². The van der Waals surface area contributed by atoms with E-state index in [0.29, 0.717) is 18.5 Å². The van der Waals surface area contributed by atoms with Crippen molar-refractivity contribution in [3.05, 3.63) is 71.8 Å². The molecule has 0 saturated carbocycles. The van der Waals surface area contributed by atoms with Crippen molar-refractivity contribution in [2.75, 3.05) is 26.2 Å². The Morgan fingerprint density at radius 1 is 0.968 bits per heavy atom. The van der Waals surface area contributed by atoms with Gasteiger partial charge in [0.05, 0.1) is 12.6 Å². The fraction of sp³-hybridized carbons (Fsp3) is 0.462. The van der Waals surface area contributed by atoms with E-state index in [2.05, 4.69) is 12.1 Å². The first-order chi connectivity index (χ1) is 15.1. The Labute approximate surface area is 184 Å². The van der Waals surface area contributed by atoms with Gasteiger partial charge in [-0.15, -0.1) is 0 Å². The lowest BCUT2D eigenvalue weighted by Crippen LogP contribution is -2.44. The zero-order chi connectivity index (χ0) is 21.7. The summed E-state index contributed by atoms with van der Waals surface area (Å²) in [5.74, 6) is 0.232. The summed E-state index contributed by atoms with van der Waals surface area (Å²) in [4.78, 5) is 29.5. The van der Waals surface area contributed by atoms with Crippen LogP contribution >= 0.6 is 0 Å². The number of benzene rings is 2. The number of piperidine rings is 1. The number of hydrogen-bond acceptors (Lipinski definition) is 3. The molecule has 1 spiro atoms. The lowest BCUT2D eigenvalue weighted by atomic mass is 9.76. The van der Waals surface area contributed by atoms with Gasteiger partial charge in [-0.25, -0.2) is 0 Å². The fourth-order valence-electron chi connectivity index (χ4n) is 5.15. The average Bonchev–Trinajstić information content (AvgIpc) is 3.18. The van der Waals surface area contributed by atoms with Gasteiger partial charge in [-0.05, 0) is 55.2 Å². The van der Waals surface area contributed by atoms with E-state index in [9.17, 15) is 14.7 Å². The van der Waals surface area contributed by atoms with Crippen LogP contribution in [0.3, 0.4) is 0 Å². The molecule has 2 aliphatic heterocycles. The molecule has 1 unspecified atom stereocenters. The van der Waals surface area contributed by atoms with Crippen LogP contribution in [0.2, 0.25) is 0 Å². The molecule has 2 heterocycles. The number of aryl methyl sites for hydroxylation is 1. The normalized spacial score (nSPS) is 20.2. The van der Waals surface area contributed by atoms with Crippen LogP contribution in [0.15, 0.2) is 60.7 Å². The fourth-order valence-corrected chi connectivity index (χ4v) is 5.15. The third kappa shape index (κ3) is 4.99. The minimum Gasteiger partial charge on any atom is -0.394 e. The number of hydrogen-bond donors (Lipinski definition) is 1. The molecule has 1 N–H and O–H groups in total. The van der Waals surface area contributed by atoms with E-state index in [1.54, 1.807) is 0 Å². The van der Waals surface area contributed by atoms with Gasteiger partial charge in [0.2, 0.25) is 5.91 Å². The SMILES string of the molecule is O=C(CCCc1ccccc1)N1CCC2(CC1)CC(CO)N(C(=O)c1ccccc1)C2. The Bertz CT molecular complexity index is 876. The molecule has 5 nitrogen and oxygen atoms in total. The van der Waals surface area contributed by atoms with Crippen molar-refractivity contribution < 1.29 is 14.7 Å². The van der Waals surface area contributed by atoms with E-state index in [1.807, 2.05) is 58.3 Å². The standard InChI is InChI=1S/C26H32N2O3/c29-19-23-18-26(20-28(23)25(31)22-11-5-2-6-12-22)14-16-27(17-15-26)24(30)13-7-10-21-8-3-1-4-9-21/h1-6,8-9,11-12,23,29H,7,10,13-20H2. The van der Waals surface area contributed by atoms with Crippen molar-refractivity contribution in [1.29, 1.82) is 0 Å². The number of carbonyl (C=O) groups is 2. The third-order valence-corrected chi connectivity index (χ3v) is 6.98. The van der Waals surface area contributed by atoms with Gasteiger partial charge >= 0.3 is 0 Å². The summed E-state index contributed by atoms with van der Waals surface area (Å²) in [5.41, 5.74) is 1.96. The number of amides is 2. The summed E-state index contributed by atoms with van der Waals surface area (Å²) in [7, 11) is 0. The molecule has 2 saturated heterocycles. The van der Waals surface area contributed by atoms with Gasteiger partial charge in [0.25, 0.3) is 5.91 Å². The first-order valence-electron chi connectivity index (χ1n) is 11.4. The average molecular weight is 421 g/mol. The van der Waals surface area contributed by atoms with E-state index < -0.39 is 0 Å². The maximum atomic E-state index is 13.0. The largest absolute Gasteiger partial charge is 0.394 e. The number of aliphatic hydroxyl groups is 1. The summed E-state index contributed by atoms with van der Waals surface area (Å²) < 4.78 is 0. The molecular weight excluding hydrogens is 388 g/mol. The molecule has 2 aliphatic rings. The monoisotopic (exact) mass is 420 g/mol. The first kappa shape index (κ1) is 21.6. The Balaban J connectivity index is 1.30. The number of aliphatic hydroxyl groups excluding tert-OH is 1. The van der Waals surface area contributed by atoms with Gasteiger partial charge in [0.15, 0.2) is 0 Å². The second-order valence-electron chi connectivity index (χ2n) is 9.06.